The van der Waals surface area contributed by atoms with Crippen molar-refractivity contribution in [2.45, 2.75) is 62.7 Å². The van der Waals surface area contributed by atoms with Crippen molar-refractivity contribution in [2.24, 2.45) is 0 Å². The fourth-order valence-electron chi connectivity index (χ4n) is 3.93. The maximum absolute atomic E-state index is 11.9. The summed E-state index contributed by atoms with van der Waals surface area (Å²) < 4.78 is 29.3. The van der Waals surface area contributed by atoms with Gasteiger partial charge in [0.05, 0.1) is 11.5 Å². The topological polar surface area (TPSA) is 126 Å². The van der Waals surface area contributed by atoms with Crippen LogP contribution in [0.1, 0.15) is 55.8 Å². The van der Waals surface area contributed by atoms with Crippen LogP contribution in [-0.4, -0.2) is 41.8 Å². The number of hydrogen-bond donors (Lipinski definition) is 3. The van der Waals surface area contributed by atoms with E-state index in [9.17, 15) is 13.2 Å². The molecule has 1 aliphatic carbocycles. The lowest BCUT2D eigenvalue weighted by molar-refractivity contribution is 0.0981. The summed E-state index contributed by atoms with van der Waals surface area (Å²) in [7, 11) is -3.11. The molecular formula is C19H25N5O4S. The molecule has 3 N–H and O–H groups in total. The van der Waals surface area contributed by atoms with E-state index < -0.39 is 9.84 Å². The molecule has 1 aliphatic heterocycles. The highest BCUT2D eigenvalue weighted by molar-refractivity contribution is 7.90. The van der Waals surface area contributed by atoms with Crippen LogP contribution in [0.2, 0.25) is 0 Å². The first-order valence-corrected chi connectivity index (χ1v) is 11.6. The molecule has 156 valence electrons. The van der Waals surface area contributed by atoms with Gasteiger partial charge in [0.25, 0.3) is 0 Å². The highest BCUT2D eigenvalue weighted by Crippen LogP contribution is 2.36. The van der Waals surface area contributed by atoms with E-state index in [1.807, 2.05) is 19.9 Å². The average molecular weight is 420 g/mol. The lowest BCUT2D eigenvalue weighted by Gasteiger charge is -2.14. The number of ether oxygens (including phenoxy) is 1. The van der Waals surface area contributed by atoms with Crippen LogP contribution in [0.25, 0.3) is 0 Å². The Kier molecular flexibility index (Phi) is 5.20. The van der Waals surface area contributed by atoms with E-state index in [0.29, 0.717) is 17.2 Å². The lowest BCUT2D eigenvalue weighted by atomic mass is 10.0. The van der Waals surface area contributed by atoms with Crippen LogP contribution in [0.15, 0.2) is 18.3 Å². The van der Waals surface area contributed by atoms with Gasteiger partial charge in [0.2, 0.25) is 0 Å². The molecule has 0 aromatic carbocycles. The van der Waals surface area contributed by atoms with Gasteiger partial charge in [-0.1, -0.05) is 0 Å². The van der Waals surface area contributed by atoms with Gasteiger partial charge in [0.15, 0.2) is 15.7 Å². The Bertz CT molecular complexity index is 1020. The first kappa shape index (κ1) is 19.7. The summed E-state index contributed by atoms with van der Waals surface area (Å²) in [5.41, 5.74) is 2.46. The minimum atomic E-state index is -3.11. The second kappa shape index (κ2) is 7.66. The van der Waals surface area contributed by atoms with Crippen molar-refractivity contribution in [3.8, 4) is 0 Å². The number of nitrogens with one attached hydrogen (secondary N) is 3. The third-order valence-corrected chi connectivity index (χ3v) is 6.72. The Morgan fingerprint density at radius 2 is 2.14 bits per heavy atom. The van der Waals surface area contributed by atoms with Crippen molar-refractivity contribution in [3.05, 3.63) is 35.2 Å². The number of H-pyrrole nitrogens is 1. The van der Waals surface area contributed by atoms with Crippen LogP contribution >= 0.6 is 0 Å². The number of alkyl carbamates (subject to hydrolysis) is 1. The van der Waals surface area contributed by atoms with E-state index in [1.54, 1.807) is 12.3 Å². The van der Waals surface area contributed by atoms with Crippen LogP contribution in [0, 0.1) is 0 Å². The standard InChI is InChI=1S/C19H25N5O4S/c1-11(2)21-19(25)28-14-4-3-12(7-14)16-8-17(24-23-16)22-18-15-10-29(26,27)9-13(15)5-6-20-18/h5-6,8,11-12,14H,3-4,7,9-10H2,1-2H3,(H,21,25)(H2,20,22,23,24)/t12-,14+/m0/s1. The summed E-state index contributed by atoms with van der Waals surface area (Å²) in [6.07, 6.45) is 3.57. The molecule has 1 fully saturated rings. The zero-order chi connectivity index (χ0) is 20.6. The number of rotatable bonds is 5. The minimum absolute atomic E-state index is 0.00410. The number of pyridine rings is 1. The molecule has 2 aromatic rings. The monoisotopic (exact) mass is 419 g/mol. The van der Waals surface area contributed by atoms with Crippen LogP contribution in [-0.2, 0) is 26.1 Å². The number of nitrogens with zero attached hydrogens (tertiary/aromatic N) is 2. The molecule has 1 saturated carbocycles. The normalized spacial score (nSPS) is 22.4. The van der Waals surface area contributed by atoms with Gasteiger partial charge in [-0.25, -0.2) is 18.2 Å². The maximum Gasteiger partial charge on any atom is 0.407 e. The van der Waals surface area contributed by atoms with E-state index in [-0.39, 0.29) is 35.7 Å². The third kappa shape index (κ3) is 4.52. The molecule has 0 radical (unpaired) electrons. The third-order valence-electron chi connectivity index (χ3n) is 5.24. The molecule has 2 atom stereocenters. The van der Waals surface area contributed by atoms with Crippen LogP contribution in [0.4, 0.5) is 16.4 Å². The summed E-state index contributed by atoms with van der Waals surface area (Å²) in [6, 6.07) is 3.70. The van der Waals surface area contributed by atoms with Crippen molar-refractivity contribution < 1.29 is 17.9 Å². The molecule has 0 unspecified atom stereocenters. The molecule has 9 nitrogen and oxygen atoms in total. The van der Waals surface area contributed by atoms with Gasteiger partial charge in [0.1, 0.15) is 11.9 Å². The Hall–Kier alpha value is -2.62. The predicted molar refractivity (Wildman–Crippen MR) is 108 cm³/mol. The summed E-state index contributed by atoms with van der Waals surface area (Å²) in [6.45, 7) is 3.79. The van der Waals surface area contributed by atoms with E-state index in [2.05, 4.69) is 25.8 Å². The molecule has 10 heteroatoms. The second-order valence-electron chi connectivity index (χ2n) is 8.00. The van der Waals surface area contributed by atoms with Gasteiger partial charge in [0, 0.05) is 35.5 Å². The summed E-state index contributed by atoms with van der Waals surface area (Å²) in [5, 5.41) is 13.2. The van der Waals surface area contributed by atoms with Crippen LogP contribution < -0.4 is 10.6 Å². The fourth-order valence-corrected chi connectivity index (χ4v) is 5.53. The molecule has 0 saturated heterocycles. The molecular weight excluding hydrogens is 394 g/mol. The lowest BCUT2D eigenvalue weighted by Crippen LogP contribution is -2.33. The number of hydrogen-bond acceptors (Lipinski definition) is 7. The minimum Gasteiger partial charge on any atom is -0.446 e. The number of fused-ring (bicyclic) bond motifs is 1. The van der Waals surface area contributed by atoms with E-state index in [0.717, 1.165) is 30.5 Å². The summed E-state index contributed by atoms with van der Waals surface area (Å²) >= 11 is 0. The number of aromatic amines is 1. The zero-order valence-corrected chi connectivity index (χ0v) is 17.3. The summed E-state index contributed by atoms with van der Waals surface area (Å²) in [4.78, 5) is 16.1. The highest BCUT2D eigenvalue weighted by atomic mass is 32.2. The molecule has 2 aliphatic rings. The predicted octanol–water partition coefficient (Wildman–Crippen LogP) is 2.75. The molecule has 3 heterocycles. The molecule has 2 aromatic heterocycles. The average Bonchev–Trinajstić information content (AvgIpc) is 3.32. The van der Waals surface area contributed by atoms with Gasteiger partial charge in [-0.05, 0) is 44.7 Å². The highest BCUT2D eigenvalue weighted by Gasteiger charge is 2.31. The molecule has 0 spiro atoms. The summed E-state index contributed by atoms with van der Waals surface area (Å²) in [5.74, 6) is 1.39. The van der Waals surface area contributed by atoms with Crippen molar-refractivity contribution >= 4 is 27.6 Å². The van der Waals surface area contributed by atoms with Crippen LogP contribution in [0.5, 0.6) is 0 Å². The number of carbonyl (C=O) groups is 1. The van der Waals surface area contributed by atoms with Crippen molar-refractivity contribution in [1.29, 1.82) is 0 Å². The van der Waals surface area contributed by atoms with Gasteiger partial charge < -0.3 is 15.4 Å². The maximum atomic E-state index is 11.9. The number of sulfone groups is 1. The molecule has 1 amide bonds. The first-order valence-electron chi connectivity index (χ1n) is 9.76. The number of anilines is 2. The van der Waals surface area contributed by atoms with Crippen molar-refractivity contribution in [2.75, 3.05) is 5.32 Å². The van der Waals surface area contributed by atoms with E-state index in [4.69, 9.17) is 4.74 Å². The fraction of sp³-hybridized carbons (Fsp3) is 0.526. The van der Waals surface area contributed by atoms with E-state index in [1.165, 1.54) is 0 Å². The van der Waals surface area contributed by atoms with Crippen LogP contribution in [0.3, 0.4) is 0 Å². The Balaban J connectivity index is 1.39. The number of carbonyl (C=O) groups excluding carboxylic acids is 1. The number of amides is 1. The quantitative estimate of drug-likeness (QED) is 0.680. The Labute approximate surface area is 169 Å². The Morgan fingerprint density at radius 1 is 1.31 bits per heavy atom. The molecule has 0 bridgehead atoms. The largest absolute Gasteiger partial charge is 0.446 e. The molecule has 29 heavy (non-hydrogen) atoms. The first-order chi connectivity index (χ1) is 13.8. The van der Waals surface area contributed by atoms with E-state index >= 15 is 0 Å². The van der Waals surface area contributed by atoms with Gasteiger partial charge in [-0.3, -0.25) is 5.10 Å². The van der Waals surface area contributed by atoms with Gasteiger partial charge >= 0.3 is 6.09 Å². The molecule has 4 rings (SSSR count). The zero-order valence-electron chi connectivity index (χ0n) is 16.4. The second-order valence-corrected chi connectivity index (χ2v) is 10.1. The SMILES string of the molecule is CC(C)NC(=O)O[C@@H]1CC[C@H](c2cc(Nc3nccc4c3CS(=O)(=O)C4)n[nH]2)C1. The smallest absolute Gasteiger partial charge is 0.407 e. The number of aromatic nitrogens is 3. The van der Waals surface area contributed by atoms with Gasteiger partial charge in [-0.15, -0.1) is 0 Å². The Morgan fingerprint density at radius 3 is 2.93 bits per heavy atom. The van der Waals surface area contributed by atoms with Crippen molar-refractivity contribution in [1.82, 2.24) is 20.5 Å². The van der Waals surface area contributed by atoms with Gasteiger partial charge in [-0.2, -0.15) is 5.10 Å². The van der Waals surface area contributed by atoms with Crippen molar-refractivity contribution in [3.63, 3.8) is 0 Å².